The second-order valence-corrected chi connectivity index (χ2v) is 6.15. The molecule has 0 aromatic heterocycles. The van der Waals surface area contributed by atoms with Gasteiger partial charge in [-0.3, -0.25) is 0 Å². The summed E-state index contributed by atoms with van der Waals surface area (Å²) < 4.78 is 5.99. The summed E-state index contributed by atoms with van der Waals surface area (Å²) in [6, 6.07) is 0.663. The summed E-state index contributed by atoms with van der Waals surface area (Å²) in [5, 5.41) is 13.4. The van der Waals surface area contributed by atoms with Gasteiger partial charge >= 0.3 is 0 Å². The summed E-state index contributed by atoms with van der Waals surface area (Å²) in [6.07, 6.45) is 11.0. The van der Waals surface area contributed by atoms with Gasteiger partial charge in [-0.25, -0.2) is 0 Å². The maximum absolute atomic E-state index is 9.73. The van der Waals surface area contributed by atoms with E-state index in [1.54, 1.807) is 0 Å². The standard InChI is InChI=1S/C15H29NO2/c1-2-3-4-10-18-14-6-5-9-15(11-14,12-17)16-13-7-8-13/h13-14,16-17H,2-12H2,1H3. The van der Waals surface area contributed by atoms with E-state index in [1.165, 1.54) is 44.9 Å². The quantitative estimate of drug-likeness (QED) is 0.655. The zero-order chi connectivity index (χ0) is 12.8. The molecule has 0 spiro atoms. The Morgan fingerprint density at radius 3 is 2.78 bits per heavy atom. The van der Waals surface area contributed by atoms with Crippen LogP contribution in [0.4, 0.5) is 0 Å². The molecule has 0 bridgehead atoms. The molecule has 0 aromatic carbocycles. The molecule has 0 saturated heterocycles. The van der Waals surface area contributed by atoms with E-state index in [0.29, 0.717) is 12.1 Å². The maximum Gasteiger partial charge on any atom is 0.0614 e. The molecule has 0 heterocycles. The van der Waals surface area contributed by atoms with Crippen LogP contribution in [0.15, 0.2) is 0 Å². The van der Waals surface area contributed by atoms with Gasteiger partial charge in [-0.05, 0) is 44.9 Å². The lowest BCUT2D eigenvalue weighted by Gasteiger charge is -2.40. The molecule has 0 aliphatic heterocycles. The summed E-state index contributed by atoms with van der Waals surface area (Å²) in [6.45, 7) is 3.37. The Bertz CT molecular complexity index is 243. The topological polar surface area (TPSA) is 41.5 Å². The van der Waals surface area contributed by atoms with Crippen LogP contribution in [-0.2, 0) is 4.74 Å². The van der Waals surface area contributed by atoms with Crippen molar-refractivity contribution in [2.24, 2.45) is 0 Å². The lowest BCUT2D eigenvalue weighted by Crippen LogP contribution is -2.54. The average molecular weight is 255 g/mol. The molecule has 2 N–H and O–H groups in total. The molecule has 2 fully saturated rings. The summed E-state index contributed by atoms with van der Waals surface area (Å²) in [7, 11) is 0. The van der Waals surface area contributed by atoms with Crippen molar-refractivity contribution in [2.75, 3.05) is 13.2 Å². The fraction of sp³-hybridized carbons (Fsp3) is 1.00. The SMILES string of the molecule is CCCCCOC1CCCC(CO)(NC2CC2)C1. The van der Waals surface area contributed by atoms with Crippen molar-refractivity contribution in [3.8, 4) is 0 Å². The van der Waals surface area contributed by atoms with Crippen LogP contribution in [0.2, 0.25) is 0 Å². The number of hydrogen-bond donors (Lipinski definition) is 2. The van der Waals surface area contributed by atoms with Gasteiger partial charge in [-0.2, -0.15) is 0 Å². The molecule has 0 aromatic rings. The van der Waals surface area contributed by atoms with Gasteiger partial charge in [0.25, 0.3) is 0 Å². The van der Waals surface area contributed by atoms with Gasteiger partial charge in [-0.1, -0.05) is 19.8 Å². The van der Waals surface area contributed by atoms with Gasteiger partial charge in [0.2, 0.25) is 0 Å². The fourth-order valence-electron chi connectivity index (χ4n) is 3.03. The molecule has 2 aliphatic carbocycles. The number of unbranched alkanes of at least 4 members (excludes halogenated alkanes) is 2. The molecule has 2 unspecified atom stereocenters. The van der Waals surface area contributed by atoms with Gasteiger partial charge in [0.1, 0.15) is 0 Å². The smallest absolute Gasteiger partial charge is 0.0614 e. The highest BCUT2D eigenvalue weighted by molar-refractivity contribution is 4.99. The van der Waals surface area contributed by atoms with E-state index >= 15 is 0 Å². The van der Waals surface area contributed by atoms with Gasteiger partial charge in [0.05, 0.1) is 12.7 Å². The summed E-state index contributed by atoms with van der Waals surface area (Å²) in [5.74, 6) is 0. The predicted octanol–water partition coefficient (Wildman–Crippen LogP) is 2.62. The zero-order valence-electron chi connectivity index (χ0n) is 11.8. The summed E-state index contributed by atoms with van der Waals surface area (Å²) in [4.78, 5) is 0. The molecule has 2 rings (SSSR count). The Hall–Kier alpha value is -0.120. The van der Waals surface area contributed by atoms with Crippen molar-refractivity contribution in [1.29, 1.82) is 0 Å². The highest BCUT2D eigenvalue weighted by atomic mass is 16.5. The van der Waals surface area contributed by atoms with Gasteiger partial charge in [0.15, 0.2) is 0 Å². The summed E-state index contributed by atoms with van der Waals surface area (Å²) in [5.41, 5.74) is -0.0468. The van der Waals surface area contributed by atoms with E-state index in [1.807, 2.05) is 0 Å². The van der Waals surface area contributed by atoms with Crippen LogP contribution in [-0.4, -0.2) is 36.0 Å². The number of aliphatic hydroxyl groups excluding tert-OH is 1. The Kier molecular flexibility index (Phi) is 5.46. The number of ether oxygens (including phenoxy) is 1. The molecule has 2 atom stereocenters. The lowest BCUT2D eigenvalue weighted by molar-refractivity contribution is -0.0175. The Morgan fingerprint density at radius 2 is 2.11 bits per heavy atom. The van der Waals surface area contributed by atoms with Crippen LogP contribution in [0.3, 0.4) is 0 Å². The van der Waals surface area contributed by atoms with Crippen LogP contribution in [0.1, 0.15) is 64.7 Å². The molecule has 18 heavy (non-hydrogen) atoms. The minimum absolute atomic E-state index is 0.0468. The number of aliphatic hydroxyl groups is 1. The highest BCUT2D eigenvalue weighted by Gasteiger charge is 2.39. The second-order valence-electron chi connectivity index (χ2n) is 6.15. The molecule has 2 saturated carbocycles. The molecular formula is C15H29NO2. The molecule has 3 nitrogen and oxygen atoms in total. The molecule has 106 valence electrons. The third-order valence-corrected chi connectivity index (χ3v) is 4.29. The van der Waals surface area contributed by atoms with Gasteiger partial charge < -0.3 is 15.2 Å². The lowest BCUT2D eigenvalue weighted by atomic mass is 9.80. The van der Waals surface area contributed by atoms with Gasteiger partial charge in [0, 0.05) is 18.2 Å². The van der Waals surface area contributed by atoms with E-state index in [4.69, 9.17) is 4.74 Å². The molecular weight excluding hydrogens is 226 g/mol. The van der Waals surface area contributed by atoms with Crippen LogP contribution < -0.4 is 5.32 Å². The van der Waals surface area contributed by atoms with E-state index in [0.717, 1.165) is 19.4 Å². The van der Waals surface area contributed by atoms with Crippen molar-refractivity contribution in [1.82, 2.24) is 5.32 Å². The normalized spacial score (nSPS) is 32.7. The molecule has 0 amide bonds. The predicted molar refractivity (Wildman–Crippen MR) is 73.7 cm³/mol. The third-order valence-electron chi connectivity index (χ3n) is 4.29. The largest absolute Gasteiger partial charge is 0.394 e. The Balaban J connectivity index is 1.74. The molecule has 3 heteroatoms. The monoisotopic (exact) mass is 255 g/mol. The van der Waals surface area contributed by atoms with Crippen LogP contribution in [0.25, 0.3) is 0 Å². The summed E-state index contributed by atoms with van der Waals surface area (Å²) >= 11 is 0. The second kappa shape index (κ2) is 6.88. The number of nitrogens with one attached hydrogen (secondary N) is 1. The number of hydrogen-bond acceptors (Lipinski definition) is 3. The first-order valence-corrected chi connectivity index (χ1v) is 7.78. The van der Waals surface area contributed by atoms with E-state index < -0.39 is 0 Å². The Labute approximate surface area is 111 Å². The first-order chi connectivity index (χ1) is 8.78. The first kappa shape index (κ1) is 14.3. The van der Waals surface area contributed by atoms with Crippen LogP contribution in [0, 0.1) is 0 Å². The van der Waals surface area contributed by atoms with Crippen molar-refractivity contribution in [3.05, 3.63) is 0 Å². The van der Waals surface area contributed by atoms with E-state index in [-0.39, 0.29) is 12.1 Å². The molecule has 2 aliphatic rings. The zero-order valence-corrected chi connectivity index (χ0v) is 11.8. The van der Waals surface area contributed by atoms with Crippen molar-refractivity contribution < 1.29 is 9.84 Å². The minimum Gasteiger partial charge on any atom is -0.394 e. The van der Waals surface area contributed by atoms with Crippen molar-refractivity contribution in [3.63, 3.8) is 0 Å². The van der Waals surface area contributed by atoms with E-state index in [2.05, 4.69) is 12.2 Å². The van der Waals surface area contributed by atoms with Crippen molar-refractivity contribution in [2.45, 2.75) is 82.4 Å². The average Bonchev–Trinajstić information content (AvgIpc) is 3.19. The van der Waals surface area contributed by atoms with Gasteiger partial charge in [-0.15, -0.1) is 0 Å². The third kappa shape index (κ3) is 4.22. The van der Waals surface area contributed by atoms with Crippen molar-refractivity contribution >= 4 is 0 Å². The maximum atomic E-state index is 9.73. The van der Waals surface area contributed by atoms with E-state index in [9.17, 15) is 5.11 Å². The highest BCUT2D eigenvalue weighted by Crippen LogP contribution is 2.33. The molecule has 0 radical (unpaired) electrons. The number of rotatable bonds is 8. The Morgan fingerprint density at radius 1 is 1.28 bits per heavy atom. The van der Waals surface area contributed by atoms with Crippen LogP contribution >= 0.6 is 0 Å². The van der Waals surface area contributed by atoms with Crippen LogP contribution in [0.5, 0.6) is 0 Å². The minimum atomic E-state index is -0.0468. The fourth-order valence-corrected chi connectivity index (χ4v) is 3.03. The first-order valence-electron chi connectivity index (χ1n) is 7.78.